The molecule has 1 unspecified atom stereocenters. The van der Waals surface area contributed by atoms with Crippen LogP contribution in [0.25, 0.3) is 0 Å². The molecule has 1 aromatic rings. The summed E-state index contributed by atoms with van der Waals surface area (Å²) in [5, 5.41) is 12.0. The van der Waals surface area contributed by atoms with E-state index in [2.05, 4.69) is 47.2 Å². The van der Waals surface area contributed by atoms with Crippen molar-refractivity contribution in [2.24, 2.45) is 5.92 Å². The molecular formula is C15H22BrNO2. The molecule has 0 saturated heterocycles. The topological polar surface area (TPSA) is 49.3 Å². The molecule has 106 valence electrons. The molecule has 0 aliphatic carbocycles. The van der Waals surface area contributed by atoms with Crippen molar-refractivity contribution in [2.75, 3.05) is 13.2 Å². The summed E-state index contributed by atoms with van der Waals surface area (Å²) in [4.78, 5) is 11.9. The van der Waals surface area contributed by atoms with Crippen molar-refractivity contribution in [2.45, 2.75) is 32.6 Å². The summed E-state index contributed by atoms with van der Waals surface area (Å²) in [7, 11) is 0. The molecule has 0 aliphatic heterocycles. The molecule has 0 bridgehead atoms. The van der Waals surface area contributed by atoms with Gasteiger partial charge in [-0.1, -0.05) is 48.8 Å². The zero-order chi connectivity index (χ0) is 14.5. The lowest BCUT2D eigenvalue weighted by Gasteiger charge is -2.26. The molecule has 1 amide bonds. The molecule has 0 aromatic heterocycles. The van der Waals surface area contributed by atoms with Crippen LogP contribution in [0.3, 0.4) is 0 Å². The zero-order valence-corrected chi connectivity index (χ0v) is 13.3. The quantitative estimate of drug-likeness (QED) is 0.844. The first-order chi connectivity index (χ1) is 8.90. The van der Waals surface area contributed by atoms with Crippen molar-refractivity contribution >= 4 is 21.8 Å². The molecule has 4 heteroatoms. The fourth-order valence-corrected chi connectivity index (χ4v) is 2.12. The largest absolute Gasteiger partial charge is 0.396 e. The maximum Gasteiger partial charge on any atom is 0.225 e. The van der Waals surface area contributed by atoms with E-state index in [-0.39, 0.29) is 23.8 Å². The molecule has 1 atom stereocenters. The average molecular weight is 328 g/mol. The van der Waals surface area contributed by atoms with Crippen LogP contribution in [0, 0.1) is 5.92 Å². The van der Waals surface area contributed by atoms with Crippen LogP contribution in [0.4, 0.5) is 0 Å². The number of nitrogens with one attached hydrogen (secondary N) is 1. The van der Waals surface area contributed by atoms with Gasteiger partial charge >= 0.3 is 0 Å². The number of carbonyl (C=O) groups excluding carboxylic acids is 1. The highest BCUT2D eigenvalue weighted by atomic mass is 79.9. The molecule has 1 rings (SSSR count). The number of benzene rings is 1. The van der Waals surface area contributed by atoms with Crippen molar-refractivity contribution < 1.29 is 9.90 Å². The van der Waals surface area contributed by atoms with Gasteiger partial charge in [-0.3, -0.25) is 4.79 Å². The van der Waals surface area contributed by atoms with Gasteiger partial charge in [-0.2, -0.15) is 0 Å². The maximum atomic E-state index is 11.9. The minimum absolute atomic E-state index is 0.0739. The standard InChI is InChI=1S/C15H22BrNO2/c1-4-11(9-18)14(19)17-10-15(2,3)12-5-7-13(16)8-6-12/h5-8,11,18H,4,9-10H2,1-3H3,(H,17,19). The minimum atomic E-state index is -0.305. The average Bonchev–Trinajstić information content (AvgIpc) is 2.38. The normalized spacial score (nSPS) is 13.1. The summed E-state index contributed by atoms with van der Waals surface area (Å²) in [6, 6.07) is 8.11. The molecule has 0 aliphatic rings. The van der Waals surface area contributed by atoms with Crippen LogP contribution in [-0.4, -0.2) is 24.2 Å². The van der Waals surface area contributed by atoms with Crippen LogP contribution < -0.4 is 5.32 Å². The molecule has 3 nitrogen and oxygen atoms in total. The molecular weight excluding hydrogens is 306 g/mol. The number of hydrogen-bond donors (Lipinski definition) is 2. The Morgan fingerprint density at radius 2 is 1.95 bits per heavy atom. The second kappa shape index (κ2) is 7.06. The first-order valence-corrected chi connectivity index (χ1v) is 7.34. The van der Waals surface area contributed by atoms with Gasteiger partial charge < -0.3 is 10.4 Å². The van der Waals surface area contributed by atoms with Crippen LogP contribution in [0.15, 0.2) is 28.7 Å². The van der Waals surface area contributed by atoms with E-state index in [1.54, 1.807) is 0 Å². The van der Waals surface area contributed by atoms with Gasteiger partial charge in [-0.05, 0) is 24.1 Å². The summed E-state index contributed by atoms with van der Waals surface area (Å²) in [5.41, 5.74) is 1.04. The van der Waals surface area contributed by atoms with Gasteiger partial charge in [0, 0.05) is 16.4 Å². The first-order valence-electron chi connectivity index (χ1n) is 6.55. The predicted molar refractivity (Wildman–Crippen MR) is 81.0 cm³/mol. The second-order valence-corrected chi connectivity index (χ2v) is 6.31. The zero-order valence-electron chi connectivity index (χ0n) is 11.7. The number of rotatable bonds is 6. The van der Waals surface area contributed by atoms with E-state index < -0.39 is 0 Å². The maximum absolute atomic E-state index is 11.9. The van der Waals surface area contributed by atoms with E-state index >= 15 is 0 Å². The number of aliphatic hydroxyl groups excluding tert-OH is 1. The Balaban J connectivity index is 2.65. The Labute approximate surface area is 123 Å². The second-order valence-electron chi connectivity index (χ2n) is 5.40. The van der Waals surface area contributed by atoms with Crippen LogP contribution in [0.2, 0.25) is 0 Å². The van der Waals surface area contributed by atoms with Gasteiger partial charge in [0.2, 0.25) is 5.91 Å². The van der Waals surface area contributed by atoms with Crippen molar-refractivity contribution in [3.8, 4) is 0 Å². The molecule has 0 fully saturated rings. The Morgan fingerprint density at radius 1 is 1.37 bits per heavy atom. The van der Waals surface area contributed by atoms with Gasteiger partial charge in [-0.15, -0.1) is 0 Å². The summed E-state index contributed by atoms with van der Waals surface area (Å²) in [5.74, 6) is -0.379. The van der Waals surface area contributed by atoms with E-state index in [9.17, 15) is 4.79 Å². The molecule has 0 saturated carbocycles. The third-order valence-corrected chi connectivity index (χ3v) is 3.94. The fourth-order valence-electron chi connectivity index (χ4n) is 1.85. The Bertz CT molecular complexity index is 411. The van der Waals surface area contributed by atoms with Crippen LogP contribution >= 0.6 is 15.9 Å². The fraction of sp³-hybridized carbons (Fsp3) is 0.533. The van der Waals surface area contributed by atoms with E-state index in [1.807, 2.05) is 19.1 Å². The number of carbonyl (C=O) groups is 1. The lowest BCUT2D eigenvalue weighted by atomic mass is 9.84. The molecule has 2 N–H and O–H groups in total. The van der Waals surface area contributed by atoms with Crippen molar-refractivity contribution in [1.29, 1.82) is 0 Å². The SMILES string of the molecule is CCC(CO)C(=O)NCC(C)(C)c1ccc(Br)cc1. The van der Waals surface area contributed by atoms with Gasteiger partial charge in [0.05, 0.1) is 12.5 Å². The summed E-state index contributed by atoms with van der Waals surface area (Å²) in [6.07, 6.45) is 0.654. The Hall–Kier alpha value is -0.870. The van der Waals surface area contributed by atoms with Gasteiger partial charge in [0.15, 0.2) is 0 Å². The van der Waals surface area contributed by atoms with Crippen molar-refractivity contribution in [3.05, 3.63) is 34.3 Å². The minimum Gasteiger partial charge on any atom is -0.396 e. The molecule has 0 spiro atoms. The summed E-state index contributed by atoms with van der Waals surface area (Å²) < 4.78 is 1.04. The third kappa shape index (κ3) is 4.62. The lowest BCUT2D eigenvalue weighted by Crippen LogP contribution is -2.40. The third-order valence-electron chi connectivity index (χ3n) is 3.41. The van der Waals surface area contributed by atoms with E-state index in [0.29, 0.717) is 13.0 Å². The van der Waals surface area contributed by atoms with Crippen molar-refractivity contribution in [1.82, 2.24) is 5.32 Å². The summed E-state index contributed by atoms with van der Waals surface area (Å²) >= 11 is 3.41. The predicted octanol–water partition coefficient (Wildman–Crippen LogP) is 2.86. The van der Waals surface area contributed by atoms with E-state index in [4.69, 9.17) is 5.11 Å². The van der Waals surface area contributed by atoms with Crippen LogP contribution in [0.5, 0.6) is 0 Å². The monoisotopic (exact) mass is 327 g/mol. The highest BCUT2D eigenvalue weighted by Gasteiger charge is 2.23. The summed E-state index contributed by atoms with van der Waals surface area (Å²) in [6.45, 7) is 6.55. The van der Waals surface area contributed by atoms with Crippen LogP contribution in [-0.2, 0) is 10.2 Å². The first kappa shape index (κ1) is 16.2. The number of hydrogen-bond acceptors (Lipinski definition) is 2. The Kier molecular flexibility index (Phi) is 6.01. The number of amides is 1. The molecule has 0 heterocycles. The van der Waals surface area contributed by atoms with E-state index in [1.165, 1.54) is 5.56 Å². The number of aliphatic hydroxyl groups is 1. The highest BCUT2D eigenvalue weighted by molar-refractivity contribution is 9.10. The van der Waals surface area contributed by atoms with Crippen LogP contribution in [0.1, 0.15) is 32.8 Å². The molecule has 1 aromatic carbocycles. The lowest BCUT2D eigenvalue weighted by molar-refractivity contribution is -0.126. The van der Waals surface area contributed by atoms with Crippen molar-refractivity contribution in [3.63, 3.8) is 0 Å². The highest BCUT2D eigenvalue weighted by Crippen LogP contribution is 2.24. The Morgan fingerprint density at radius 3 is 2.42 bits per heavy atom. The van der Waals surface area contributed by atoms with Gasteiger partial charge in [0.1, 0.15) is 0 Å². The van der Waals surface area contributed by atoms with E-state index in [0.717, 1.165) is 4.47 Å². The smallest absolute Gasteiger partial charge is 0.225 e. The van der Waals surface area contributed by atoms with Gasteiger partial charge in [-0.25, -0.2) is 0 Å². The van der Waals surface area contributed by atoms with Gasteiger partial charge in [0.25, 0.3) is 0 Å². The molecule has 19 heavy (non-hydrogen) atoms. The molecule has 0 radical (unpaired) electrons. The number of halogens is 1.